The lowest BCUT2D eigenvalue weighted by atomic mass is 10.2. The second kappa shape index (κ2) is 13.9. The molecule has 6 heteroatoms. The van der Waals surface area contributed by atoms with E-state index in [1.54, 1.807) is 20.0 Å². The molecule has 0 aliphatic rings. The van der Waals surface area contributed by atoms with Gasteiger partial charge in [0.25, 0.3) is 0 Å². The van der Waals surface area contributed by atoms with E-state index in [9.17, 15) is 19.2 Å². The molecule has 0 saturated heterocycles. The van der Waals surface area contributed by atoms with Crippen LogP contribution in [-0.2, 0) is 19.2 Å². The molecule has 0 heterocycles. The van der Waals surface area contributed by atoms with E-state index >= 15 is 0 Å². The average Bonchev–Trinajstić information content (AvgIpc) is 2.16. The topological polar surface area (TPSA) is 104 Å². The van der Waals surface area contributed by atoms with E-state index in [4.69, 9.17) is 5.26 Å². The Morgan fingerprint density at radius 2 is 1.16 bits per heavy atom. The van der Waals surface area contributed by atoms with Crippen LogP contribution in [0.3, 0.4) is 0 Å². The molecule has 0 aliphatic heterocycles. The van der Waals surface area contributed by atoms with Gasteiger partial charge in [0.15, 0.2) is 11.6 Å². The van der Waals surface area contributed by atoms with Crippen molar-refractivity contribution in [1.29, 1.82) is 5.26 Å². The number of hydrogen-bond acceptors (Lipinski definition) is 6. The molecule has 0 aromatic rings. The first kappa shape index (κ1) is 22.1. The van der Waals surface area contributed by atoms with Gasteiger partial charge in [-0.25, -0.2) is 0 Å². The van der Waals surface area contributed by atoms with Crippen molar-refractivity contribution in [2.75, 3.05) is 0 Å². The predicted molar refractivity (Wildman–Crippen MR) is 71.7 cm³/mol. The molecule has 0 atom stereocenters. The zero-order valence-corrected chi connectivity index (χ0v) is 12.2. The van der Waals surface area contributed by atoms with Crippen LogP contribution in [0.25, 0.3) is 0 Å². The number of rotatable bonds is 3. The summed E-state index contributed by atoms with van der Waals surface area (Å²) in [4.78, 5) is 43.0. The first-order chi connectivity index (χ1) is 8.54. The minimum atomic E-state index is -0.380. The van der Waals surface area contributed by atoms with Gasteiger partial charge in [-0.15, -0.1) is 0 Å². The van der Waals surface area contributed by atoms with Gasteiger partial charge in [-0.1, -0.05) is 0 Å². The van der Waals surface area contributed by atoms with Gasteiger partial charge < -0.3 is 0 Å². The van der Waals surface area contributed by atoms with Crippen LogP contribution >= 0.6 is 0 Å². The third-order valence-electron chi connectivity index (χ3n) is 1.27. The highest BCUT2D eigenvalue weighted by atomic mass is 16.2. The SMILES string of the molecule is CC(=O)C(C)=O.CC(=O)CC(C)=O.CC(C)=NC#N. The van der Waals surface area contributed by atoms with Crippen LogP contribution in [0.2, 0.25) is 0 Å². The van der Waals surface area contributed by atoms with Crippen molar-refractivity contribution in [3.05, 3.63) is 0 Å². The maximum atomic E-state index is 10.0. The van der Waals surface area contributed by atoms with Crippen molar-refractivity contribution in [2.45, 2.75) is 48.0 Å². The molecule has 19 heavy (non-hydrogen) atoms. The van der Waals surface area contributed by atoms with E-state index in [2.05, 4.69) is 4.99 Å². The van der Waals surface area contributed by atoms with Crippen molar-refractivity contribution in [3.8, 4) is 6.19 Å². The summed E-state index contributed by atoms with van der Waals surface area (Å²) in [6, 6.07) is 0. The van der Waals surface area contributed by atoms with Crippen LogP contribution in [0.5, 0.6) is 0 Å². The fourth-order valence-electron chi connectivity index (χ4n) is 0.451. The summed E-state index contributed by atoms with van der Waals surface area (Å²) in [5.74, 6) is -0.884. The largest absolute Gasteiger partial charge is 0.300 e. The second-order valence-electron chi connectivity index (χ2n) is 3.85. The number of aliphatic imine (C=N–C) groups is 1. The molecule has 0 rings (SSSR count). The molecule has 0 amide bonds. The van der Waals surface area contributed by atoms with E-state index in [1.807, 2.05) is 0 Å². The summed E-state index contributed by atoms with van der Waals surface area (Å²) in [5, 5.41) is 7.80. The lowest BCUT2D eigenvalue weighted by molar-refractivity contribution is -0.134. The fourth-order valence-corrected chi connectivity index (χ4v) is 0.451. The Labute approximate surface area is 113 Å². The molecule has 0 radical (unpaired) electrons. The van der Waals surface area contributed by atoms with Gasteiger partial charge >= 0.3 is 0 Å². The van der Waals surface area contributed by atoms with Crippen LogP contribution in [0.1, 0.15) is 48.0 Å². The van der Waals surface area contributed by atoms with Gasteiger partial charge in [-0.3, -0.25) is 19.2 Å². The van der Waals surface area contributed by atoms with E-state index in [0.29, 0.717) is 0 Å². The molecule has 0 aromatic heterocycles. The third kappa shape index (κ3) is 38.8. The van der Waals surface area contributed by atoms with Crippen molar-refractivity contribution >= 4 is 28.8 Å². The van der Waals surface area contributed by atoms with Crippen molar-refractivity contribution in [1.82, 2.24) is 0 Å². The van der Waals surface area contributed by atoms with E-state index < -0.39 is 0 Å². The minimum Gasteiger partial charge on any atom is -0.300 e. The normalized spacial score (nSPS) is 7.42. The fraction of sp³-hybridized carbons (Fsp3) is 0.538. The number of carbonyl (C=O) groups is 4. The van der Waals surface area contributed by atoms with Crippen LogP contribution in [0.4, 0.5) is 0 Å². The van der Waals surface area contributed by atoms with Crippen molar-refractivity contribution in [3.63, 3.8) is 0 Å². The summed E-state index contributed by atoms with van der Waals surface area (Å²) in [6.07, 6.45) is 1.74. The quantitative estimate of drug-likeness (QED) is 0.335. The summed E-state index contributed by atoms with van der Waals surface area (Å²) in [6.45, 7) is 8.87. The molecule has 0 saturated carbocycles. The smallest absolute Gasteiger partial charge is 0.205 e. The van der Waals surface area contributed by atoms with Gasteiger partial charge in [0, 0.05) is 19.6 Å². The minimum absolute atomic E-state index is 0.0625. The Kier molecular flexibility index (Phi) is 16.1. The maximum Gasteiger partial charge on any atom is 0.205 e. The molecule has 0 bridgehead atoms. The summed E-state index contributed by atoms with van der Waals surface area (Å²) in [7, 11) is 0. The molecule has 6 nitrogen and oxygen atoms in total. The number of carbonyl (C=O) groups excluding carboxylic acids is 4. The highest BCUT2D eigenvalue weighted by molar-refractivity contribution is 6.35. The predicted octanol–water partition coefficient (Wildman–Crippen LogP) is 1.67. The molecular formula is C13H20N2O4. The maximum absolute atomic E-state index is 10.0. The first-order valence-corrected chi connectivity index (χ1v) is 5.44. The van der Waals surface area contributed by atoms with E-state index in [-0.39, 0.29) is 29.6 Å². The van der Waals surface area contributed by atoms with Gasteiger partial charge in [-0.05, 0) is 27.7 Å². The number of nitriles is 1. The Morgan fingerprint density at radius 3 is 1.16 bits per heavy atom. The Balaban J connectivity index is -0.000000203. The van der Waals surface area contributed by atoms with Gasteiger partial charge in [0.2, 0.25) is 6.19 Å². The zero-order chi connectivity index (χ0) is 16.0. The molecule has 0 aliphatic carbocycles. The molecule has 0 unspecified atom stereocenters. The molecular weight excluding hydrogens is 248 g/mol. The third-order valence-corrected chi connectivity index (χ3v) is 1.27. The summed E-state index contributed by atoms with van der Waals surface area (Å²) >= 11 is 0. The molecule has 106 valence electrons. The molecule has 0 aromatic carbocycles. The van der Waals surface area contributed by atoms with Crippen molar-refractivity contribution < 1.29 is 19.2 Å². The number of hydrogen-bond donors (Lipinski definition) is 0. The summed E-state index contributed by atoms with van der Waals surface area (Å²) in [5.41, 5.74) is 0.803. The van der Waals surface area contributed by atoms with Crippen LogP contribution < -0.4 is 0 Å². The number of Topliss-reactive ketones (excluding diaryl/α,β-unsaturated/α-hetero) is 4. The number of nitrogens with zero attached hydrogens (tertiary/aromatic N) is 2. The Bertz CT molecular complexity index is 375. The van der Waals surface area contributed by atoms with Gasteiger partial charge in [0.1, 0.15) is 11.6 Å². The monoisotopic (exact) mass is 268 g/mol. The lowest BCUT2D eigenvalue weighted by Gasteiger charge is -1.81. The Morgan fingerprint density at radius 1 is 0.842 bits per heavy atom. The highest BCUT2D eigenvalue weighted by Crippen LogP contribution is 1.80. The van der Waals surface area contributed by atoms with Crippen LogP contribution in [0, 0.1) is 11.5 Å². The van der Waals surface area contributed by atoms with E-state index in [1.165, 1.54) is 27.7 Å². The van der Waals surface area contributed by atoms with Gasteiger partial charge in [-0.2, -0.15) is 10.3 Å². The molecule has 0 spiro atoms. The lowest BCUT2D eigenvalue weighted by Crippen LogP contribution is -2.01. The molecule has 0 fully saturated rings. The van der Waals surface area contributed by atoms with Gasteiger partial charge in [0.05, 0.1) is 6.42 Å². The van der Waals surface area contributed by atoms with Crippen molar-refractivity contribution in [2.24, 2.45) is 4.99 Å². The highest BCUT2D eigenvalue weighted by Gasteiger charge is 1.95. The van der Waals surface area contributed by atoms with E-state index in [0.717, 1.165) is 5.71 Å². The van der Waals surface area contributed by atoms with Crippen LogP contribution in [-0.4, -0.2) is 28.8 Å². The summed E-state index contributed by atoms with van der Waals surface area (Å²) < 4.78 is 0. The molecule has 0 N–H and O–H groups in total. The second-order valence-corrected chi connectivity index (χ2v) is 3.85. The Hall–Kier alpha value is -2.16. The zero-order valence-electron chi connectivity index (χ0n) is 12.2. The number of ketones is 4. The first-order valence-electron chi connectivity index (χ1n) is 5.44. The average molecular weight is 268 g/mol. The standard InChI is InChI=1S/C5H8O2.C4H6N2.C4H6O2/c1-4(6)3-5(2)7;1-4(2)6-3-5;1-3(5)4(2)6/h3H2,1-2H3;2*1-2H3. The van der Waals surface area contributed by atoms with Crippen LogP contribution in [0.15, 0.2) is 4.99 Å².